The Kier molecular flexibility index (Phi) is 4.81. The number of amides is 1. The van der Waals surface area contributed by atoms with Crippen molar-refractivity contribution >= 4 is 51.9 Å². The maximum absolute atomic E-state index is 13.3. The summed E-state index contributed by atoms with van der Waals surface area (Å²) in [7, 11) is 0. The van der Waals surface area contributed by atoms with Gasteiger partial charge in [-0.05, 0) is 35.2 Å². The molecule has 3 aromatic rings. The minimum Gasteiger partial charge on any atom is -0.306 e. The molecule has 27 heavy (non-hydrogen) atoms. The number of nitrogens with zero attached hydrogens (tertiary/aromatic N) is 1. The molecule has 2 aromatic carbocycles. The highest BCUT2D eigenvalue weighted by Gasteiger charge is 2.50. The smallest absolute Gasteiger partial charge is 0.253 e. The lowest BCUT2D eigenvalue weighted by molar-refractivity contribution is -0.120. The number of carbonyl (C=O) groups excluding carboxylic acids is 2. The van der Waals surface area contributed by atoms with E-state index in [-0.39, 0.29) is 18.1 Å². The summed E-state index contributed by atoms with van der Waals surface area (Å²) in [6, 6.07) is 18.3. The number of rotatable bonds is 5. The molecule has 1 amide bonds. The van der Waals surface area contributed by atoms with Crippen molar-refractivity contribution < 1.29 is 9.59 Å². The summed E-state index contributed by atoms with van der Waals surface area (Å²) in [6.07, 6.45) is -0.0674. The standard InChI is InChI=1S/C21H15Cl2NO2S/c22-15-9-7-14(8-10-15)13-24-17-5-2-1-4-16(17)21(23,20(24)26)12-18(25)19-6-3-11-27-19/h1-11H,12-13H2. The van der Waals surface area contributed by atoms with Gasteiger partial charge in [-0.25, -0.2) is 0 Å². The second-order valence-electron chi connectivity index (χ2n) is 6.41. The fourth-order valence-corrected chi connectivity index (χ4v) is 4.50. The molecule has 0 bridgehead atoms. The van der Waals surface area contributed by atoms with Gasteiger partial charge in [0.25, 0.3) is 5.91 Å². The van der Waals surface area contributed by atoms with E-state index in [2.05, 4.69) is 0 Å². The molecule has 2 heterocycles. The van der Waals surface area contributed by atoms with Crippen LogP contribution in [0.4, 0.5) is 5.69 Å². The van der Waals surface area contributed by atoms with Crippen LogP contribution in [0.1, 0.15) is 27.2 Å². The predicted octanol–water partition coefficient (Wildman–Crippen LogP) is 5.66. The number of para-hydroxylation sites is 1. The van der Waals surface area contributed by atoms with Crippen LogP contribution in [0.15, 0.2) is 66.0 Å². The Bertz CT molecular complexity index is 1000. The Morgan fingerprint density at radius 3 is 2.48 bits per heavy atom. The van der Waals surface area contributed by atoms with Gasteiger partial charge < -0.3 is 4.90 Å². The van der Waals surface area contributed by atoms with Crippen molar-refractivity contribution in [2.24, 2.45) is 0 Å². The van der Waals surface area contributed by atoms with Crippen LogP contribution in [0.25, 0.3) is 0 Å². The fraction of sp³-hybridized carbons (Fsp3) is 0.143. The van der Waals surface area contributed by atoms with Crippen molar-refractivity contribution in [3.8, 4) is 0 Å². The molecule has 0 aliphatic carbocycles. The topological polar surface area (TPSA) is 37.4 Å². The van der Waals surface area contributed by atoms with Gasteiger partial charge in [-0.15, -0.1) is 22.9 Å². The Balaban J connectivity index is 1.68. The summed E-state index contributed by atoms with van der Waals surface area (Å²) in [5.74, 6) is -0.401. The fourth-order valence-electron chi connectivity index (χ4n) is 3.33. The summed E-state index contributed by atoms with van der Waals surface area (Å²) < 4.78 is 0. The maximum atomic E-state index is 13.3. The number of alkyl halides is 1. The quantitative estimate of drug-likeness (QED) is 0.398. The van der Waals surface area contributed by atoms with Crippen LogP contribution in [-0.4, -0.2) is 11.7 Å². The number of ketones is 1. The monoisotopic (exact) mass is 415 g/mol. The van der Waals surface area contributed by atoms with Crippen LogP contribution in [0, 0.1) is 0 Å². The zero-order valence-corrected chi connectivity index (χ0v) is 16.5. The molecular formula is C21H15Cl2NO2S. The van der Waals surface area contributed by atoms with Gasteiger partial charge in [0.15, 0.2) is 10.7 Å². The van der Waals surface area contributed by atoms with Crippen molar-refractivity contribution in [1.82, 2.24) is 0 Å². The number of halogens is 2. The van der Waals surface area contributed by atoms with Gasteiger partial charge >= 0.3 is 0 Å². The first-order valence-corrected chi connectivity index (χ1v) is 10.0. The average Bonchev–Trinajstić information content (AvgIpc) is 3.27. The maximum Gasteiger partial charge on any atom is 0.253 e. The number of fused-ring (bicyclic) bond motifs is 1. The molecule has 3 nitrogen and oxygen atoms in total. The third-order valence-electron chi connectivity index (χ3n) is 4.66. The van der Waals surface area contributed by atoms with Crippen LogP contribution >= 0.6 is 34.5 Å². The SMILES string of the molecule is O=C(CC1(Cl)C(=O)N(Cc2ccc(Cl)cc2)c2ccccc21)c1cccs1. The Hall–Kier alpha value is -2.14. The number of hydrogen-bond acceptors (Lipinski definition) is 3. The van der Waals surface area contributed by atoms with E-state index in [0.717, 1.165) is 11.3 Å². The number of anilines is 1. The molecule has 0 N–H and O–H groups in total. The van der Waals surface area contributed by atoms with Gasteiger partial charge in [0.2, 0.25) is 0 Å². The molecule has 4 rings (SSSR count). The van der Waals surface area contributed by atoms with E-state index in [1.807, 2.05) is 47.8 Å². The average molecular weight is 416 g/mol. The Morgan fingerprint density at radius 1 is 1.04 bits per heavy atom. The van der Waals surface area contributed by atoms with Crippen molar-refractivity contribution in [2.75, 3.05) is 4.90 Å². The Morgan fingerprint density at radius 2 is 1.78 bits per heavy atom. The van der Waals surface area contributed by atoms with Crippen molar-refractivity contribution in [3.63, 3.8) is 0 Å². The summed E-state index contributed by atoms with van der Waals surface area (Å²) in [4.78, 5) is 26.8. The number of benzene rings is 2. The number of hydrogen-bond donors (Lipinski definition) is 0. The highest BCUT2D eigenvalue weighted by molar-refractivity contribution is 7.12. The van der Waals surface area contributed by atoms with E-state index >= 15 is 0 Å². The number of Topliss-reactive ketones (excluding diaryl/α,β-unsaturated/α-hetero) is 1. The zero-order valence-electron chi connectivity index (χ0n) is 14.2. The van der Waals surface area contributed by atoms with Crippen molar-refractivity contribution in [2.45, 2.75) is 17.8 Å². The van der Waals surface area contributed by atoms with E-state index in [1.165, 1.54) is 11.3 Å². The lowest BCUT2D eigenvalue weighted by Gasteiger charge is -2.22. The molecule has 0 saturated heterocycles. The highest BCUT2D eigenvalue weighted by Crippen LogP contribution is 2.48. The minimum absolute atomic E-state index is 0.0674. The van der Waals surface area contributed by atoms with Crippen LogP contribution in [0.2, 0.25) is 5.02 Å². The predicted molar refractivity (Wildman–Crippen MR) is 110 cm³/mol. The van der Waals surface area contributed by atoms with Crippen molar-refractivity contribution in [3.05, 3.63) is 87.1 Å². The minimum atomic E-state index is -1.38. The summed E-state index contributed by atoms with van der Waals surface area (Å²) in [5.41, 5.74) is 2.36. The van der Waals surface area contributed by atoms with Gasteiger partial charge in [0.1, 0.15) is 0 Å². The molecule has 136 valence electrons. The second-order valence-corrected chi connectivity index (χ2v) is 8.44. The molecule has 1 atom stereocenters. The molecule has 6 heteroatoms. The van der Waals surface area contributed by atoms with E-state index in [1.54, 1.807) is 23.1 Å². The third kappa shape index (κ3) is 3.29. The molecule has 0 fully saturated rings. The largest absolute Gasteiger partial charge is 0.306 e. The summed E-state index contributed by atoms with van der Waals surface area (Å²) in [5, 5.41) is 2.48. The zero-order chi connectivity index (χ0) is 19.0. The molecule has 0 radical (unpaired) electrons. The first-order valence-electron chi connectivity index (χ1n) is 8.40. The number of carbonyl (C=O) groups is 2. The van der Waals surface area contributed by atoms with Gasteiger partial charge in [-0.2, -0.15) is 0 Å². The third-order valence-corrected chi connectivity index (χ3v) is 6.32. The molecule has 1 aliphatic heterocycles. The van der Waals surface area contributed by atoms with Gasteiger partial charge in [0, 0.05) is 22.7 Å². The lowest BCUT2D eigenvalue weighted by atomic mass is 9.93. The first kappa shape index (κ1) is 18.2. The molecule has 1 aromatic heterocycles. The van der Waals surface area contributed by atoms with Gasteiger partial charge in [0.05, 0.1) is 11.4 Å². The van der Waals surface area contributed by atoms with E-state index in [4.69, 9.17) is 23.2 Å². The molecule has 1 aliphatic rings. The normalized spacial score (nSPS) is 18.6. The van der Waals surface area contributed by atoms with Crippen molar-refractivity contribution in [1.29, 1.82) is 0 Å². The molecule has 1 unspecified atom stereocenters. The molecule has 0 spiro atoms. The first-order chi connectivity index (χ1) is 13.0. The van der Waals surface area contributed by atoms with Crippen LogP contribution in [-0.2, 0) is 16.2 Å². The highest BCUT2D eigenvalue weighted by atomic mass is 35.5. The van der Waals surface area contributed by atoms with Crippen LogP contribution in [0.5, 0.6) is 0 Å². The van der Waals surface area contributed by atoms with E-state index in [0.29, 0.717) is 22.0 Å². The van der Waals surface area contributed by atoms with Crippen LogP contribution in [0.3, 0.4) is 0 Å². The van der Waals surface area contributed by atoms with Gasteiger partial charge in [-0.1, -0.05) is 48.0 Å². The number of thiophene rings is 1. The van der Waals surface area contributed by atoms with E-state index in [9.17, 15) is 9.59 Å². The lowest BCUT2D eigenvalue weighted by Crippen LogP contribution is -2.37. The molecule has 0 saturated carbocycles. The summed E-state index contributed by atoms with van der Waals surface area (Å²) >= 11 is 14.1. The second kappa shape index (κ2) is 7.12. The molecular weight excluding hydrogens is 401 g/mol. The summed E-state index contributed by atoms with van der Waals surface area (Å²) in [6.45, 7) is 0.370. The van der Waals surface area contributed by atoms with E-state index < -0.39 is 4.87 Å². The van der Waals surface area contributed by atoms with Gasteiger partial charge in [-0.3, -0.25) is 9.59 Å². The Labute approximate surface area is 171 Å². The van der Waals surface area contributed by atoms with Crippen LogP contribution < -0.4 is 4.90 Å².